The normalized spacial score (nSPS) is 12.6. The van der Waals surface area contributed by atoms with E-state index >= 15 is 0 Å². The molecular weight excluding hydrogens is 342 g/mol. The largest absolute Gasteiger partial charge is 0.493 e. The van der Waals surface area contributed by atoms with E-state index in [1.165, 1.54) is 0 Å². The number of nitrogens with one attached hydrogen (secondary N) is 2. The van der Waals surface area contributed by atoms with Crippen LogP contribution in [0, 0.1) is 18.3 Å². The number of carbonyl (C=O) groups excluding carboxylic acids is 1. The topological polar surface area (TPSA) is 75.8 Å². The van der Waals surface area contributed by atoms with Crippen LogP contribution in [0.1, 0.15) is 23.6 Å². The molecule has 6 heteroatoms. The van der Waals surface area contributed by atoms with Crippen LogP contribution < -0.4 is 19.7 Å². The van der Waals surface area contributed by atoms with Crippen molar-refractivity contribution in [3.8, 4) is 17.6 Å². The Hall–Kier alpha value is -3.04. The van der Waals surface area contributed by atoms with Crippen LogP contribution in [0.2, 0.25) is 0 Å². The van der Waals surface area contributed by atoms with Crippen molar-refractivity contribution in [2.75, 3.05) is 26.6 Å². The molecular formula is C21H26N3O3+. The highest BCUT2D eigenvalue weighted by Gasteiger charge is 2.23. The summed E-state index contributed by atoms with van der Waals surface area (Å²) in [5.41, 5.74) is 3.43. The molecule has 0 saturated carbocycles. The summed E-state index contributed by atoms with van der Waals surface area (Å²) in [6.07, 6.45) is 0. The van der Waals surface area contributed by atoms with Gasteiger partial charge in [-0.1, -0.05) is 0 Å². The van der Waals surface area contributed by atoms with E-state index in [4.69, 9.17) is 14.7 Å². The summed E-state index contributed by atoms with van der Waals surface area (Å²) in [7, 11) is 5.21. The third-order valence-electron chi connectivity index (χ3n) is 4.73. The van der Waals surface area contributed by atoms with E-state index in [0.717, 1.165) is 16.0 Å². The van der Waals surface area contributed by atoms with Crippen LogP contribution >= 0.6 is 0 Å². The summed E-state index contributed by atoms with van der Waals surface area (Å²) >= 11 is 0. The number of hydrogen-bond donors (Lipinski definition) is 2. The Morgan fingerprint density at radius 3 is 2.33 bits per heavy atom. The minimum Gasteiger partial charge on any atom is -0.493 e. The molecule has 2 aromatic carbocycles. The first-order valence-corrected chi connectivity index (χ1v) is 8.74. The third kappa shape index (κ3) is 4.99. The molecule has 0 radical (unpaired) electrons. The minimum absolute atomic E-state index is 0.0738. The molecule has 0 heterocycles. The smallest absolute Gasteiger partial charge is 0.282 e. The minimum atomic E-state index is -0.256. The van der Waals surface area contributed by atoms with Gasteiger partial charge in [-0.05, 0) is 55.8 Å². The lowest BCUT2D eigenvalue weighted by atomic mass is 10.1. The molecule has 142 valence electrons. The second kappa shape index (κ2) is 9.06. The Kier molecular flexibility index (Phi) is 6.80. The Balaban J connectivity index is 2.07. The van der Waals surface area contributed by atoms with E-state index in [0.29, 0.717) is 29.3 Å². The van der Waals surface area contributed by atoms with Crippen molar-refractivity contribution in [2.24, 2.45) is 0 Å². The monoisotopic (exact) mass is 368 g/mol. The molecule has 1 amide bonds. The van der Waals surface area contributed by atoms with Gasteiger partial charge in [0.15, 0.2) is 17.5 Å². The van der Waals surface area contributed by atoms with Crippen molar-refractivity contribution in [3.63, 3.8) is 0 Å². The lowest BCUT2D eigenvalue weighted by Gasteiger charge is -2.22. The van der Waals surface area contributed by atoms with Crippen LogP contribution in [-0.2, 0) is 11.3 Å². The Bertz CT molecular complexity index is 841. The van der Waals surface area contributed by atoms with E-state index in [1.807, 2.05) is 33.0 Å². The molecule has 1 unspecified atom stereocenters. The zero-order valence-corrected chi connectivity index (χ0v) is 16.4. The van der Waals surface area contributed by atoms with Crippen LogP contribution in [0.25, 0.3) is 0 Å². The molecule has 2 N–H and O–H groups in total. The summed E-state index contributed by atoms with van der Waals surface area (Å²) in [6, 6.07) is 12.5. The highest BCUT2D eigenvalue weighted by atomic mass is 16.5. The van der Waals surface area contributed by atoms with Crippen LogP contribution in [0.4, 0.5) is 5.69 Å². The van der Waals surface area contributed by atoms with Gasteiger partial charge >= 0.3 is 0 Å². The Morgan fingerprint density at radius 2 is 1.78 bits per heavy atom. The number of nitriles is 1. The third-order valence-corrected chi connectivity index (χ3v) is 4.73. The average molecular weight is 368 g/mol. The molecule has 6 nitrogen and oxygen atoms in total. The number of nitrogens with zero attached hydrogens (tertiary/aromatic N) is 1. The molecule has 0 aromatic heterocycles. The number of likely N-dealkylation sites (N-methyl/N-ethyl adjacent to an activating group) is 1. The molecule has 2 rings (SSSR count). The van der Waals surface area contributed by atoms with Crippen molar-refractivity contribution >= 4 is 11.6 Å². The van der Waals surface area contributed by atoms with E-state index < -0.39 is 0 Å². The first-order chi connectivity index (χ1) is 12.9. The number of benzene rings is 2. The quantitative estimate of drug-likeness (QED) is 0.783. The standard InChI is InChI=1S/C21H25N3O3/c1-14-10-19(26-4)20(27-5)11-17(14)13-24(3)15(2)21(25)23-18-8-6-16(12-22)7-9-18/h6-11,15H,13H2,1-5H3,(H,23,25)/p+1/t15-/m0/s1. The number of quaternary nitrogens is 1. The number of carbonyl (C=O) groups is 1. The number of amides is 1. The van der Waals surface area contributed by atoms with Gasteiger partial charge in [0.2, 0.25) is 0 Å². The number of aryl methyl sites for hydroxylation is 1. The number of anilines is 1. The van der Waals surface area contributed by atoms with Crippen LogP contribution in [0.5, 0.6) is 11.5 Å². The van der Waals surface area contributed by atoms with Gasteiger partial charge in [-0.2, -0.15) is 5.26 Å². The van der Waals surface area contributed by atoms with E-state index in [-0.39, 0.29) is 11.9 Å². The van der Waals surface area contributed by atoms with Crippen molar-refractivity contribution in [1.82, 2.24) is 0 Å². The first kappa shape index (κ1) is 20.3. The summed E-state index contributed by atoms with van der Waals surface area (Å²) in [5.74, 6) is 1.30. The van der Waals surface area contributed by atoms with Gasteiger partial charge in [0.25, 0.3) is 5.91 Å². The number of rotatable bonds is 7. The van der Waals surface area contributed by atoms with Crippen molar-refractivity contribution in [1.29, 1.82) is 5.26 Å². The maximum absolute atomic E-state index is 12.6. The molecule has 0 saturated heterocycles. The fourth-order valence-electron chi connectivity index (χ4n) is 2.77. The number of hydrogen-bond acceptors (Lipinski definition) is 4. The zero-order valence-electron chi connectivity index (χ0n) is 16.4. The van der Waals surface area contributed by atoms with Gasteiger partial charge in [-0.25, -0.2) is 0 Å². The fraction of sp³-hybridized carbons (Fsp3) is 0.333. The van der Waals surface area contributed by atoms with Gasteiger partial charge in [-0.3, -0.25) is 4.79 Å². The molecule has 0 bridgehead atoms. The summed E-state index contributed by atoms with van der Waals surface area (Å²) in [6.45, 7) is 4.59. The first-order valence-electron chi connectivity index (χ1n) is 8.74. The predicted octanol–water partition coefficient (Wildman–Crippen LogP) is 1.93. The maximum Gasteiger partial charge on any atom is 0.282 e. The molecule has 0 aliphatic carbocycles. The highest BCUT2D eigenvalue weighted by molar-refractivity contribution is 5.93. The summed E-state index contributed by atoms with van der Waals surface area (Å²) in [4.78, 5) is 13.6. The summed E-state index contributed by atoms with van der Waals surface area (Å²) in [5, 5.41) is 11.7. The lowest BCUT2D eigenvalue weighted by molar-refractivity contribution is -0.907. The predicted molar refractivity (Wildman–Crippen MR) is 104 cm³/mol. The van der Waals surface area contributed by atoms with Gasteiger partial charge in [0, 0.05) is 11.3 Å². The van der Waals surface area contributed by atoms with E-state index in [1.54, 1.807) is 38.5 Å². The molecule has 27 heavy (non-hydrogen) atoms. The maximum atomic E-state index is 12.6. The van der Waals surface area contributed by atoms with Gasteiger partial charge in [-0.15, -0.1) is 0 Å². The molecule has 0 aliphatic rings. The number of ether oxygens (including phenoxy) is 2. The van der Waals surface area contributed by atoms with Crippen LogP contribution in [-0.4, -0.2) is 33.2 Å². The van der Waals surface area contributed by atoms with Crippen LogP contribution in [0.15, 0.2) is 36.4 Å². The Labute approximate surface area is 160 Å². The molecule has 2 atom stereocenters. The SMILES string of the molecule is COc1cc(C)c(C[NH+](C)[C@@H](C)C(=O)Nc2ccc(C#N)cc2)cc1OC. The Morgan fingerprint density at radius 1 is 1.19 bits per heavy atom. The van der Waals surface area contributed by atoms with Crippen molar-refractivity contribution < 1.29 is 19.2 Å². The lowest BCUT2D eigenvalue weighted by Crippen LogP contribution is -3.12. The number of methoxy groups -OCH3 is 2. The van der Waals surface area contributed by atoms with Crippen molar-refractivity contribution in [2.45, 2.75) is 26.4 Å². The van der Waals surface area contributed by atoms with E-state index in [9.17, 15) is 4.79 Å². The van der Waals surface area contributed by atoms with Gasteiger partial charge in [0.05, 0.1) is 32.9 Å². The second-order valence-electron chi connectivity index (χ2n) is 6.56. The highest BCUT2D eigenvalue weighted by Crippen LogP contribution is 2.29. The van der Waals surface area contributed by atoms with Gasteiger partial charge in [0.1, 0.15) is 6.54 Å². The summed E-state index contributed by atoms with van der Waals surface area (Å²) < 4.78 is 10.7. The fourth-order valence-corrected chi connectivity index (χ4v) is 2.77. The van der Waals surface area contributed by atoms with Crippen LogP contribution in [0.3, 0.4) is 0 Å². The van der Waals surface area contributed by atoms with E-state index in [2.05, 4.69) is 11.4 Å². The van der Waals surface area contributed by atoms with Crippen molar-refractivity contribution in [3.05, 3.63) is 53.1 Å². The molecule has 2 aromatic rings. The second-order valence-corrected chi connectivity index (χ2v) is 6.56. The molecule has 0 fully saturated rings. The average Bonchev–Trinajstić information content (AvgIpc) is 2.68. The molecule has 0 aliphatic heterocycles. The zero-order chi connectivity index (χ0) is 20.0. The molecule has 0 spiro atoms. The van der Waals surface area contributed by atoms with Gasteiger partial charge < -0.3 is 19.7 Å².